The van der Waals surface area contributed by atoms with E-state index in [9.17, 15) is 13.2 Å². The molecule has 2 rings (SSSR count). The van der Waals surface area contributed by atoms with Crippen molar-refractivity contribution in [2.24, 2.45) is 0 Å². The van der Waals surface area contributed by atoms with Crippen LogP contribution >= 0.6 is 0 Å². The summed E-state index contributed by atoms with van der Waals surface area (Å²) in [6.07, 6.45) is 0.342. The molecule has 1 fully saturated rings. The molecule has 1 aliphatic rings. The molecule has 0 radical (unpaired) electrons. The van der Waals surface area contributed by atoms with Crippen molar-refractivity contribution in [2.45, 2.75) is 23.9 Å². The van der Waals surface area contributed by atoms with Gasteiger partial charge in [-0.3, -0.25) is 4.79 Å². The highest BCUT2D eigenvalue weighted by Crippen LogP contribution is 2.11. The Morgan fingerprint density at radius 3 is 2.95 bits per heavy atom. The minimum atomic E-state index is -3.47. The SMILES string of the molecule is CNS(=O)(=O)c1cccc(CNC(=O)CC2COCCN2)c1. The molecule has 1 atom stereocenters. The molecule has 22 heavy (non-hydrogen) atoms. The minimum absolute atomic E-state index is 0.0322. The molecule has 7 nitrogen and oxygen atoms in total. The zero-order valence-electron chi connectivity index (χ0n) is 12.5. The second-order valence-electron chi connectivity index (χ2n) is 5.06. The van der Waals surface area contributed by atoms with E-state index < -0.39 is 10.0 Å². The molecule has 8 heteroatoms. The maximum absolute atomic E-state index is 11.9. The Morgan fingerprint density at radius 2 is 2.27 bits per heavy atom. The number of sulfonamides is 1. The standard InChI is InChI=1S/C14H21N3O4S/c1-15-22(19,20)13-4-2-3-11(7-13)9-17-14(18)8-12-10-21-6-5-16-12/h2-4,7,12,15-16H,5-6,8-10H2,1H3,(H,17,18). The highest BCUT2D eigenvalue weighted by molar-refractivity contribution is 7.89. The normalized spacial score (nSPS) is 18.9. The quantitative estimate of drug-likeness (QED) is 0.660. The van der Waals surface area contributed by atoms with Crippen LogP contribution in [0.1, 0.15) is 12.0 Å². The van der Waals surface area contributed by atoms with Gasteiger partial charge in [0.2, 0.25) is 15.9 Å². The van der Waals surface area contributed by atoms with Gasteiger partial charge in [0.15, 0.2) is 0 Å². The molecule has 1 unspecified atom stereocenters. The third-order valence-corrected chi connectivity index (χ3v) is 4.81. The molecule has 0 saturated carbocycles. The van der Waals surface area contributed by atoms with Crippen LogP contribution in [0.2, 0.25) is 0 Å². The summed E-state index contributed by atoms with van der Waals surface area (Å²) >= 11 is 0. The maximum Gasteiger partial charge on any atom is 0.240 e. The summed E-state index contributed by atoms with van der Waals surface area (Å²) in [7, 11) is -2.11. The number of nitrogens with one attached hydrogen (secondary N) is 3. The maximum atomic E-state index is 11.9. The summed E-state index contributed by atoms with van der Waals surface area (Å²) in [4.78, 5) is 12.1. The van der Waals surface area contributed by atoms with Gasteiger partial charge in [-0.1, -0.05) is 12.1 Å². The lowest BCUT2D eigenvalue weighted by Gasteiger charge is -2.23. The van der Waals surface area contributed by atoms with Gasteiger partial charge in [-0.15, -0.1) is 0 Å². The molecule has 122 valence electrons. The van der Waals surface area contributed by atoms with Crippen molar-refractivity contribution in [3.05, 3.63) is 29.8 Å². The van der Waals surface area contributed by atoms with Crippen LogP contribution in [-0.2, 0) is 26.1 Å². The van der Waals surface area contributed by atoms with Gasteiger partial charge in [-0.2, -0.15) is 0 Å². The first kappa shape index (κ1) is 16.9. The third kappa shape index (κ3) is 4.77. The summed E-state index contributed by atoms with van der Waals surface area (Å²) in [5, 5.41) is 6.00. The largest absolute Gasteiger partial charge is 0.378 e. The van der Waals surface area contributed by atoms with Crippen molar-refractivity contribution in [3.8, 4) is 0 Å². The third-order valence-electron chi connectivity index (χ3n) is 3.40. The zero-order chi connectivity index (χ0) is 16.0. The van der Waals surface area contributed by atoms with Crippen LogP contribution in [0.25, 0.3) is 0 Å². The van der Waals surface area contributed by atoms with E-state index in [-0.39, 0.29) is 16.8 Å². The van der Waals surface area contributed by atoms with Gasteiger partial charge in [-0.05, 0) is 24.7 Å². The summed E-state index contributed by atoms with van der Waals surface area (Å²) in [5.74, 6) is -0.0927. The van der Waals surface area contributed by atoms with E-state index in [4.69, 9.17) is 4.74 Å². The zero-order valence-corrected chi connectivity index (χ0v) is 13.3. The van der Waals surface area contributed by atoms with Crippen LogP contribution in [0.15, 0.2) is 29.2 Å². The van der Waals surface area contributed by atoms with Gasteiger partial charge < -0.3 is 15.4 Å². The summed E-state index contributed by atoms with van der Waals surface area (Å²) in [6, 6.07) is 6.53. The predicted molar refractivity (Wildman–Crippen MR) is 81.8 cm³/mol. The average molecular weight is 327 g/mol. The van der Waals surface area contributed by atoms with Crippen molar-refractivity contribution in [1.29, 1.82) is 0 Å². The summed E-state index contributed by atoms with van der Waals surface area (Å²) in [5.41, 5.74) is 0.734. The van der Waals surface area contributed by atoms with E-state index in [2.05, 4.69) is 15.4 Å². The molecular formula is C14H21N3O4S. The molecule has 1 aliphatic heterocycles. The Balaban J connectivity index is 1.88. The summed E-state index contributed by atoms with van der Waals surface area (Å²) < 4.78 is 31.0. The van der Waals surface area contributed by atoms with Crippen LogP contribution < -0.4 is 15.4 Å². The number of carbonyl (C=O) groups is 1. The lowest BCUT2D eigenvalue weighted by molar-refractivity contribution is -0.122. The smallest absolute Gasteiger partial charge is 0.240 e. The van der Waals surface area contributed by atoms with Gasteiger partial charge in [0.25, 0.3) is 0 Å². The van der Waals surface area contributed by atoms with Crippen molar-refractivity contribution < 1.29 is 17.9 Å². The van der Waals surface area contributed by atoms with Gasteiger partial charge in [0.05, 0.1) is 18.1 Å². The molecule has 0 aromatic heterocycles. The Labute approximate surface area is 130 Å². The first-order valence-corrected chi connectivity index (χ1v) is 8.60. The number of morpholine rings is 1. The molecule has 3 N–H and O–H groups in total. The van der Waals surface area contributed by atoms with E-state index in [0.29, 0.717) is 26.2 Å². The highest BCUT2D eigenvalue weighted by atomic mass is 32.2. The Morgan fingerprint density at radius 1 is 1.45 bits per heavy atom. The van der Waals surface area contributed by atoms with Gasteiger partial charge in [-0.25, -0.2) is 13.1 Å². The number of carbonyl (C=O) groups excluding carboxylic acids is 1. The molecule has 0 spiro atoms. The number of amides is 1. The Kier molecular flexibility index (Phi) is 5.90. The van der Waals surface area contributed by atoms with Gasteiger partial charge in [0, 0.05) is 25.6 Å². The van der Waals surface area contributed by atoms with E-state index in [1.54, 1.807) is 18.2 Å². The number of benzene rings is 1. The minimum Gasteiger partial charge on any atom is -0.378 e. The molecular weight excluding hydrogens is 306 g/mol. The van der Waals surface area contributed by atoms with Crippen LogP contribution in [0.4, 0.5) is 0 Å². The van der Waals surface area contributed by atoms with E-state index >= 15 is 0 Å². The molecule has 1 heterocycles. The Hall–Kier alpha value is -1.48. The number of rotatable bonds is 6. The van der Waals surface area contributed by atoms with E-state index in [1.807, 2.05) is 0 Å². The first-order valence-electron chi connectivity index (χ1n) is 7.11. The van der Waals surface area contributed by atoms with Crippen molar-refractivity contribution in [3.63, 3.8) is 0 Å². The van der Waals surface area contributed by atoms with Crippen LogP contribution in [0, 0.1) is 0 Å². The van der Waals surface area contributed by atoms with Gasteiger partial charge >= 0.3 is 0 Å². The predicted octanol–water partition coefficient (Wildman–Crippen LogP) is -0.411. The fourth-order valence-electron chi connectivity index (χ4n) is 2.19. The fraction of sp³-hybridized carbons (Fsp3) is 0.500. The highest BCUT2D eigenvalue weighted by Gasteiger charge is 2.17. The Bertz CT molecular complexity index is 612. The van der Waals surface area contributed by atoms with E-state index in [0.717, 1.165) is 12.1 Å². The summed E-state index contributed by atoms with van der Waals surface area (Å²) in [6.45, 7) is 2.25. The van der Waals surface area contributed by atoms with Crippen molar-refractivity contribution >= 4 is 15.9 Å². The molecule has 0 aliphatic carbocycles. The average Bonchev–Trinajstić information content (AvgIpc) is 2.54. The monoisotopic (exact) mass is 327 g/mol. The lowest BCUT2D eigenvalue weighted by Crippen LogP contribution is -2.44. The first-order chi connectivity index (χ1) is 10.5. The van der Waals surface area contributed by atoms with E-state index in [1.165, 1.54) is 13.1 Å². The second kappa shape index (κ2) is 7.68. The fourth-order valence-corrected chi connectivity index (χ4v) is 2.99. The number of hydrogen-bond donors (Lipinski definition) is 3. The molecule has 1 saturated heterocycles. The molecule has 0 bridgehead atoms. The van der Waals surface area contributed by atoms with Crippen molar-refractivity contribution in [2.75, 3.05) is 26.8 Å². The van der Waals surface area contributed by atoms with Crippen LogP contribution in [0.5, 0.6) is 0 Å². The topological polar surface area (TPSA) is 96.5 Å². The molecule has 1 aromatic carbocycles. The molecule has 1 amide bonds. The molecule has 1 aromatic rings. The van der Waals surface area contributed by atoms with Crippen molar-refractivity contribution in [1.82, 2.24) is 15.4 Å². The number of ether oxygens (including phenoxy) is 1. The van der Waals surface area contributed by atoms with Crippen LogP contribution in [0.3, 0.4) is 0 Å². The van der Waals surface area contributed by atoms with Gasteiger partial charge in [0.1, 0.15) is 0 Å². The lowest BCUT2D eigenvalue weighted by atomic mass is 10.2. The number of hydrogen-bond acceptors (Lipinski definition) is 5. The second-order valence-corrected chi connectivity index (χ2v) is 6.95. The van der Waals surface area contributed by atoms with Crippen LogP contribution in [-0.4, -0.2) is 47.2 Å².